The molecule has 9 rings (SSSR count). The zero-order valence-corrected chi connectivity index (χ0v) is 38.2. The molecule has 63 heavy (non-hydrogen) atoms. The van der Waals surface area contributed by atoms with Gasteiger partial charge in [-0.3, -0.25) is 19.8 Å². The Labute approximate surface area is 379 Å². The van der Waals surface area contributed by atoms with E-state index in [2.05, 4.69) is 75.0 Å². The predicted octanol–water partition coefficient (Wildman–Crippen LogP) is 8.43. The lowest BCUT2D eigenvalue weighted by molar-refractivity contribution is -0.384. The van der Waals surface area contributed by atoms with Crippen molar-refractivity contribution in [3.63, 3.8) is 0 Å². The molecule has 1 atom stereocenters. The molecule has 0 unspecified atom stereocenters. The zero-order valence-electron chi connectivity index (χ0n) is 35.0. The molecule has 4 N–H and O–H groups in total. The molecular weight excluding hydrogens is 909 g/mol. The molecule has 15 nitrogen and oxygen atoms in total. The fourth-order valence-corrected chi connectivity index (χ4v) is 12.4. The van der Waals surface area contributed by atoms with Crippen molar-refractivity contribution in [2.75, 3.05) is 47.9 Å². The first-order chi connectivity index (χ1) is 30.2. The fourth-order valence-electron chi connectivity index (χ4n) is 9.81. The number of carbonyl (C=O) groups is 1. The minimum absolute atomic E-state index is 0.0432. The molecule has 1 spiro atoms. The van der Waals surface area contributed by atoms with Crippen LogP contribution < -0.4 is 19.7 Å². The van der Waals surface area contributed by atoms with Gasteiger partial charge in [-0.05, 0) is 106 Å². The van der Waals surface area contributed by atoms with Gasteiger partial charge < -0.3 is 25.0 Å². The first-order valence-corrected chi connectivity index (χ1v) is 24.9. The van der Waals surface area contributed by atoms with Crippen LogP contribution in [0.4, 0.5) is 17.2 Å². The van der Waals surface area contributed by atoms with Crippen LogP contribution in [0.25, 0.3) is 11.0 Å². The highest BCUT2D eigenvalue weighted by molar-refractivity contribution is 9.10. The van der Waals surface area contributed by atoms with Crippen molar-refractivity contribution in [1.29, 1.82) is 0 Å². The van der Waals surface area contributed by atoms with E-state index in [1.165, 1.54) is 29.1 Å². The second kappa shape index (κ2) is 17.7. The Hall–Kier alpha value is -4.75. The average Bonchev–Trinajstić information content (AvgIpc) is 3.73. The van der Waals surface area contributed by atoms with Crippen molar-refractivity contribution in [1.82, 2.24) is 24.6 Å². The van der Waals surface area contributed by atoms with Crippen LogP contribution in [0.15, 0.2) is 88.6 Å². The average molecular weight is 960 g/mol. The minimum atomic E-state index is -4.63. The smallest absolute Gasteiger partial charge is 0.312 e. The summed E-state index contributed by atoms with van der Waals surface area (Å²) in [5, 5.41) is 26.2. The molecular formula is C45H51BrN8O7S2. The Kier molecular flexibility index (Phi) is 12.2. The number of halogens is 1. The van der Waals surface area contributed by atoms with E-state index in [1.54, 1.807) is 37.4 Å². The standard InChI is InChI=1S/C45H51BrN8O7S2/c1-44(56)11-8-29(9-12-44)25-48-42-38(54(57)58)22-34(27-50-42)63(59,60)51-43(55)36-7-6-31(21-40(36)61-33-20-30-10-15-47-41(30)49-26-33)52-16-13-45(14-17-52)23-32(24-45)53-18-19-62-28-39(53)35-4-2-3-5-37(35)46/h2-7,10,15,20-22,26-27,29,32,39,56H,8-9,11-14,16-19,23-25,28H2,1H3,(H,47,49)(H,48,50)(H,51,55)/t29?,39-,44?/m0/s1. The van der Waals surface area contributed by atoms with Gasteiger partial charge in [0.05, 0.1) is 28.5 Å². The van der Waals surface area contributed by atoms with E-state index >= 15 is 0 Å². The number of sulfonamides is 1. The van der Waals surface area contributed by atoms with E-state index in [9.17, 15) is 28.4 Å². The lowest BCUT2D eigenvalue weighted by Crippen LogP contribution is -2.57. The van der Waals surface area contributed by atoms with Gasteiger partial charge >= 0.3 is 5.69 Å². The molecule has 4 fully saturated rings. The number of aliphatic hydroxyl groups is 1. The third-order valence-electron chi connectivity index (χ3n) is 13.6. The molecule has 2 aliphatic carbocycles. The number of nitro groups is 1. The highest BCUT2D eigenvalue weighted by Gasteiger charge is 2.49. The minimum Gasteiger partial charge on any atom is -0.455 e. The Morgan fingerprint density at radius 1 is 1.05 bits per heavy atom. The number of nitrogens with one attached hydrogen (secondary N) is 3. The number of pyridine rings is 2. The van der Waals surface area contributed by atoms with E-state index in [4.69, 9.17) is 4.74 Å². The molecule has 0 radical (unpaired) electrons. The summed E-state index contributed by atoms with van der Waals surface area (Å²) in [5.74, 6) is 1.85. The molecule has 3 aromatic heterocycles. The second-order valence-electron chi connectivity index (χ2n) is 17.8. The maximum absolute atomic E-state index is 13.9. The number of hydrogen-bond donors (Lipinski definition) is 4. The third kappa shape index (κ3) is 9.41. The number of ether oxygens (including phenoxy) is 1. The number of anilines is 2. The van der Waals surface area contributed by atoms with E-state index in [0.717, 1.165) is 80.2 Å². The number of hydrogen-bond acceptors (Lipinski definition) is 13. The molecule has 4 aliphatic rings. The molecule has 5 heterocycles. The van der Waals surface area contributed by atoms with Crippen LogP contribution in [0.2, 0.25) is 0 Å². The van der Waals surface area contributed by atoms with E-state index < -0.39 is 37.0 Å². The summed E-state index contributed by atoms with van der Waals surface area (Å²) in [5.41, 5.74) is 1.85. The Morgan fingerprint density at radius 2 is 1.83 bits per heavy atom. The maximum atomic E-state index is 13.9. The number of benzene rings is 2. The Morgan fingerprint density at radius 3 is 2.59 bits per heavy atom. The Bertz CT molecular complexity index is 2620. The number of aromatic nitrogens is 3. The highest BCUT2D eigenvalue weighted by atomic mass is 79.9. The van der Waals surface area contributed by atoms with Gasteiger partial charge in [0.15, 0.2) is 0 Å². The van der Waals surface area contributed by atoms with E-state index in [-0.39, 0.29) is 28.5 Å². The number of aromatic amines is 1. The summed E-state index contributed by atoms with van der Waals surface area (Å²) in [6, 6.07) is 19.2. The number of H-pyrrole nitrogens is 1. The van der Waals surface area contributed by atoms with Crippen LogP contribution in [0.1, 0.15) is 80.3 Å². The van der Waals surface area contributed by atoms with Gasteiger partial charge in [0.25, 0.3) is 15.9 Å². The lowest BCUT2D eigenvalue weighted by atomic mass is 9.59. The number of nitrogens with zero attached hydrogens (tertiary/aromatic N) is 5. The number of carbonyl (C=O) groups excluding carboxylic acids is 1. The monoisotopic (exact) mass is 958 g/mol. The topological polar surface area (TPSA) is 196 Å². The number of amides is 1. The van der Waals surface area contributed by atoms with Crippen LogP contribution >= 0.6 is 27.7 Å². The lowest BCUT2D eigenvalue weighted by Gasteiger charge is -2.57. The molecule has 1 amide bonds. The summed E-state index contributed by atoms with van der Waals surface area (Å²) in [7, 11) is -4.63. The summed E-state index contributed by atoms with van der Waals surface area (Å²) in [6.07, 6.45) is 11.4. The summed E-state index contributed by atoms with van der Waals surface area (Å²) >= 11 is 5.83. The van der Waals surface area contributed by atoms with Gasteiger partial charge in [-0.15, -0.1) is 0 Å². The normalized spacial score (nSPS) is 23.0. The number of piperidine rings is 1. The highest BCUT2D eigenvalue weighted by Crippen LogP contribution is 2.54. The van der Waals surface area contributed by atoms with Crippen molar-refractivity contribution in [3.8, 4) is 11.5 Å². The Balaban J connectivity index is 0.899. The first kappa shape index (κ1) is 43.5. The number of thioether (sulfide) groups is 1. The summed E-state index contributed by atoms with van der Waals surface area (Å²) in [4.78, 5) is 41.4. The fraction of sp³-hybridized carbons (Fsp3) is 0.444. The molecule has 2 saturated heterocycles. The second-order valence-corrected chi connectivity index (χ2v) is 21.5. The van der Waals surface area contributed by atoms with Crippen LogP contribution in [0.3, 0.4) is 0 Å². The van der Waals surface area contributed by atoms with Crippen molar-refractivity contribution < 1.29 is 28.0 Å². The largest absolute Gasteiger partial charge is 0.455 e. The van der Waals surface area contributed by atoms with Crippen LogP contribution in [0, 0.1) is 21.4 Å². The van der Waals surface area contributed by atoms with Crippen LogP contribution in [-0.2, 0) is 10.0 Å². The first-order valence-electron chi connectivity index (χ1n) is 21.5. The number of fused-ring (bicyclic) bond motifs is 1. The van der Waals surface area contributed by atoms with Crippen molar-refractivity contribution >= 4 is 71.8 Å². The maximum Gasteiger partial charge on any atom is 0.312 e. The summed E-state index contributed by atoms with van der Waals surface area (Å²) < 4.78 is 37.0. The molecule has 332 valence electrons. The van der Waals surface area contributed by atoms with Crippen LogP contribution in [-0.4, -0.2) is 93.5 Å². The van der Waals surface area contributed by atoms with Crippen molar-refractivity contribution in [2.45, 2.75) is 80.9 Å². The predicted molar refractivity (Wildman–Crippen MR) is 247 cm³/mol. The molecule has 18 heteroatoms. The molecule has 2 saturated carbocycles. The van der Waals surface area contributed by atoms with E-state index in [0.29, 0.717) is 42.9 Å². The van der Waals surface area contributed by atoms with Crippen molar-refractivity contribution in [3.05, 3.63) is 105 Å². The molecule has 0 bridgehead atoms. The van der Waals surface area contributed by atoms with E-state index in [1.807, 2.05) is 17.8 Å². The third-order valence-corrected chi connectivity index (χ3v) is 16.6. The molecule has 5 aromatic rings. The number of rotatable bonds is 12. The molecule has 2 aliphatic heterocycles. The van der Waals surface area contributed by atoms with Gasteiger partial charge in [-0.2, -0.15) is 11.8 Å². The summed E-state index contributed by atoms with van der Waals surface area (Å²) in [6.45, 7) is 4.92. The van der Waals surface area contributed by atoms with Crippen molar-refractivity contribution in [2.24, 2.45) is 11.3 Å². The van der Waals surface area contributed by atoms with Gasteiger partial charge in [0.2, 0.25) is 5.82 Å². The van der Waals surface area contributed by atoms with Gasteiger partial charge in [0, 0.05) is 83.6 Å². The molecule has 2 aromatic carbocycles. The SMILES string of the molecule is CC1(O)CCC(CNc2ncc(S(=O)(=O)NC(=O)c3ccc(N4CCC5(CC4)CC(N4CCSC[C@H]4c4ccccc4Br)C5)cc3Oc3cnc4[nH]ccc4c3)cc2[N+](=O)[O-])CC1. The van der Waals surface area contributed by atoms with Crippen LogP contribution in [0.5, 0.6) is 11.5 Å². The quantitative estimate of drug-likeness (QED) is 0.0688. The zero-order chi connectivity index (χ0) is 43.9. The van der Waals surface area contributed by atoms with Gasteiger partial charge in [-0.25, -0.2) is 23.1 Å². The van der Waals surface area contributed by atoms with Gasteiger partial charge in [-0.1, -0.05) is 34.1 Å². The van der Waals surface area contributed by atoms with Gasteiger partial charge in [0.1, 0.15) is 22.0 Å².